The number of benzene rings is 1. The van der Waals surface area contributed by atoms with Gasteiger partial charge in [0.1, 0.15) is 0 Å². The van der Waals surface area contributed by atoms with Crippen LogP contribution in [0.15, 0.2) is 24.3 Å². The van der Waals surface area contributed by atoms with Gasteiger partial charge in [-0.05, 0) is 50.2 Å². The highest BCUT2D eigenvalue weighted by molar-refractivity contribution is 5.25. The zero-order valence-corrected chi connectivity index (χ0v) is 12.1. The van der Waals surface area contributed by atoms with Crippen molar-refractivity contribution in [2.75, 3.05) is 19.6 Å². The van der Waals surface area contributed by atoms with Crippen molar-refractivity contribution in [1.29, 1.82) is 0 Å². The van der Waals surface area contributed by atoms with Gasteiger partial charge in [-0.25, -0.2) is 0 Å². The second-order valence-corrected chi connectivity index (χ2v) is 4.97. The van der Waals surface area contributed by atoms with E-state index < -0.39 is 11.7 Å². The van der Waals surface area contributed by atoms with Crippen LogP contribution in [0.1, 0.15) is 31.4 Å². The minimum absolute atomic E-state index is 0.0210. The summed E-state index contributed by atoms with van der Waals surface area (Å²) in [6.45, 7) is 7.11. The summed E-state index contributed by atoms with van der Waals surface area (Å²) < 4.78 is 37.3. The fraction of sp³-hybridized carbons (Fsp3) is 0.600. The highest BCUT2D eigenvalue weighted by Gasteiger charge is 2.29. The zero-order valence-electron chi connectivity index (χ0n) is 12.1. The molecule has 2 nitrogen and oxygen atoms in total. The van der Waals surface area contributed by atoms with Crippen molar-refractivity contribution in [3.8, 4) is 0 Å². The molecule has 0 heterocycles. The number of nitrogens with two attached hydrogens (primary N) is 1. The number of hydrogen-bond donors (Lipinski definition) is 1. The molecule has 1 aromatic rings. The first-order valence-corrected chi connectivity index (χ1v) is 7.00. The van der Waals surface area contributed by atoms with E-state index in [0.717, 1.165) is 43.8 Å². The van der Waals surface area contributed by atoms with Crippen LogP contribution in [0.4, 0.5) is 13.2 Å². The van der Waals surface area contributed by atoms with Gasteiger partial charge in [0.15, 0.2) is 0 Å². The van der Waals surface area contributed by atoms with Crippen LogP contribution in [0.2, 0.25) is 0 Å². The summed E-state index contributed by atoms with van der Waals surface area (Å²) in [5.41, 5.74) is 6.28. The lowest BCUT2D eigenvalue weighted by Crippen LogP contribution is -2.31. The van der Waals surface area contributed by atoms with Gasteiger partial charge in [-0.3, -0.25) is 0 Å². The van der Waals surface area contributed by atoms with Crippen molar-refractivity contribution in [2.45, 2.75) is 38.9 Å². The molecule has 1 atom stereocenters. The van der Waals surface area contributed by atoms with Crippen LogP contribution in [-0.2, 0) is 12.6 Å². The van der Waals surface area contributed by atoms with Crippen molar-refractivity contribution in [1.82, 2.24) is 4.90 Å². The maximum Gasteiger partial charge on any atom is 0.416 e. The normalized spacial score (nSPS) is 13.8. The van der Waals surface area contributed by atoms with Crippen LogP contribution in [0, 0.1) is 0 Å². The second kappa shape index (κ2) is 7.64. The Morgan fingerprint density at radius 2 is 1.65 bits per heavy atom. The highest BCUT2D eigenvalue weighted by Crippen LogP contribution is 2.29. The average Bonchev–Trinajstić information content (AvgIpc) is 2.39. The summed E-state index contributed by atoms with van der Waals surface area (Å²) in [6, 6.07) is 5.24. The minimum Gasteiger partial charge on any atom is -0.327 e. The predicted octanol–water partition coefficient (Wildman–Crippen LogP) is 3.31. The fourth-order valence-electron chi connectivity index (χ4n) is 2.12. The molecule has 20 heavy (non-hydrogen) atoms. The summed E-state index contributed by atoms with van der Waals surface area (Å²) in [7, 11) is 0. The molecule has 114 valence electrons. The summed E-state index contributed by atoms with van der Waals surface area (Å²) in [5, 5.41) is 0. The number of halogens is 3. The summed E-state index contributed by atoms with van der Waals surface area (Å²) >= 11 is 0. The molecular weight excluding hydrogens is 265 g/mol. The molecule has 0 bridgehead atoms. The van der Waals surface area contributed by atoms with Crippen LogP contribution >= 0.6 is 0 Å². The molecule has 1 aromatic carbocycles. The van der Waals surface area contributed by atoms with E-state index in [4.69, 9.17) is 5.73 Å². The molecule has 0 radical (unpaired) electrons. The van der Waals surface area contributed by atoms with Crippen molar-refractivity contribution in [3.63, 3.8) is 0 Å². The molecule has 0 saturated carbocycles. The smallest absolute Gasteiger partial charge is 0.327 e. The molecule has 5 heteroatoms. The number of alkyl halides is 3. The molecule has 0 fully saturated rings. The van der Waals surface area contributed by atoms with E-state index in [1.54, 1.807) is 0 Å². The third-order valence-corrected chi connectivity index (χ3v) is 3.49. The van der Waals surface area contributed by atoms with Crippen molar-refractivity contribution < 1.29 is 13.2 Å². The lowest BCUT2D eigenvalue weighted by Gasteiger charge is -2.20. The maximum absolute atomic E-state index is 12.4. The van der Waals surface area contributed by atoms with E-state index in [-0.39, 0.29) is 6.04 Å². The molecule has 0 amide bonds. The van der Waals surface area contributed by atoms with Gasteiger partial charge in [-0.15, -0.1) is 0 Å². The second-order valence-electron chi connectivity index (χ2n) is 4.97. The topological polar surface area (TPSA) is 29.3 Å². The van der Waals surface area contributed by atoms with E-state index in [0.29, 0.717) is 6.42 Å². The van der Waals surface area contributed by atoms with E-state index in [9.17, 15) is 13.2 Å². The van der Waals surface area contributed by atoms with E-state index >= 15 is 0 Å². The molecular formula is C15H23F3N2. The Morgan fingerprint density at radius 3 is 2.10 bits per heavy atom. The Hall–Kier alpha value is -1.07. The lowest BCUT2D eigenvalue weighted by molar-refractivity contribution is -0.137. The predicted molar refractivity (Wildman–Crippen MR) is 75.5 cm³/mol. The van der Waals surface area contributed by atoms with Crippen LogP contribution in [0.25, 0.3) is 0 Å². The van der Waals surface area contributed by atoms with Crippen LogP contribution < -0.4 is 5.73 Å². The van der Waals surface area contributed by atoms with Gasteiger partial charge in [0, 0.05) is 6.04 Å². The Labute approximate surface area is 118 Å². The highest BCUT2D eigenvalue weighted by atomic mass is 19.4. The molecule has 2 N–H and O–H groups in total. The van der Waals surface area contributed by atoms with Crippen LogP contribution in [0.3, 0.4) is 0 Å². The first-order chi connectivity index (χ1) is 9.36. The van der Waals surface area contributed by atoms with Crippen molar-refractivity contribution >= 4 is 0 Å². The summed E-state index contributed by atoms with van der Waals surface area (Å²) in [4.78, 5) is 2.28. The van der Waals surface area contributed by atoms with E-state index in [1.165, 1.54) is 12.1 Å². The monoisotopic (exact) mass is 288 g/mol. The SMILES string of the molecule is CCN(CC)CCC(N)Cc1ccc(C(F)(F)F)cc1. The molecule has 0 aliphatic rings. The van der Waals surface area contributed by atoms with Crippen LogP contribution in [-0.4, -0.2) is 30.6 Å². The largest absolute Gasteiger partial charge is 0.416 e. The Bertz CT molecular complexity index is 383. The van der Waals surface area contributed by atoms with E-state index in [1.807, 2.05) is 0 Å². The maximum atomic E-state index is 12.4. The summed E-state index contributed by atoms with van der Waals surface area (Å²) in [6.07, 6.45) is -2.81. The molecule has 0 aliphatic heterocycles. The average molecular weight is 288 g/mol. The molecule has 1 rings (SSSR count). The van der Waals surface area contributed by atoms with Gasteiger partial charge in [0.25, 0.3) is 0 Å². The molecule has 0 saturated heterocycles. The minimum atomic E-state index is -4.27. The molecule has 1 unspecified atom stereocenters. The van der Waals surface area contributed by atoms with Gasteiger partial charge in [0.05, 0.1) is 5.56 Å². The first-order valence-electron chi connectivity index (χ1n) is 7.00. The van der Waals surface area contributed by atoms with Gasteiger partial charge in [0.2, 0.25) is 0 Å². The van der Waals surface area contributed by atoms with Gasteiger partial charge < -0.3 is 10.6 Å². The Morgan fingerprint density at radius 1 is 1.10 bits per heavy atom. The standard InChI is InChI=1S/C15H23F3N2/c1-3-20(4-2)10-9-14(19)11-12-5-7-13(8-6-12)15(16,17)18/h5-8,14H,3-4,9-11,19H2,1-2H3. The van der Waals surface area contributed by atoms with Gasteiger partial charge >= 0.3 is 6.18 Å². The van der Waals surface area contributed by atoms with Crippen molar-refractivity contribution in [2.24, 2.45) is 5.73 Å². The Balaban J connectivity index is 2.48. The fourth-order valence-corrected chi connectivity index (χ4v) is 2.12. The molecule has 0 aliphatic carbocycles. The Kier molecular flexibility index (Phi) is 6.49. The number of nitrogens with zero attached hydrogens (tertiary/aromatic N) is 1. The van der Waals surface area contributed by atoms with E-state index in [2.05, 4.69) is 18.7 Å². The summed E-state index contributed by atoms with van der Waals surface area (Å²) in [5.74, 6) is 0. The van der Waals surface area contributed by atoms with Crippen molar-refractivity contribution in [3.05, 3.63) is 35.4 Å². The third-order valence-electron chi connectivity index (χ3n) is 3.49. The third kappa shape index (κ3) is 5.51. The molecule has 0 spiro atoms. The first kappa shape index (κ1) is 17.0. The quantitative estimate of drug-likeness (QED) is 0.834. The van der Waals surface area contributed by atoms with Gasteiger partial charge in [-0.1, -0.05) is 26.0 Å². The number of hydrogen-bond acceptors (Lipinski definition) is 2. The number of rotatable bonds is 7. The van der Waals surface area contributed by atoms with Gasteiger partial charge in [-0.2, -0.15) is 13.2 Å². The zero-order chi connectivity index (χ0) is 15.2. The van der Waals surface area contributed by atoms with Crippen LogP contribution in [0.5, 0.6) is 0 Å². The molecule has 0 aromatic heterocycles. The lowest BCUT2D eigenvalue weighted by atomic mass is 10.0.